The van der Waals surface area contributed by atoms with E-state index < -0.39 is 11.5 Å². The van der Waals surface area contributed by atoms with E-state index in [2.05, 4.69) is 0 Å². The van der Waals surface area contributed by atoms with Crippen molar-refractivity contribution in [2.45, 2.75) is 25.9 Å². The molecule has 0 saturated heterocycles. The molecular weight excluding hydrogens is 248 g/mol. The van der Waals surface area contributed by atoms with Crippen molar-refractivity contribution in [1.29, 1.82) is 0 Å². The van der Waals surface area contributed by atoms with Crippen LogP contribution in [0.25, 0.3) is 0 Å². The van der Waals surface area contributed by atoms with Gasteiger partial charge in [-0.3, -0.25) is 4.79 Å². The molecule has 0 aliphatic carbocycles. The van der Waals surface area contributed by atoms with Crippen LogP contribution in [0, 0.1) is 5.92 Å². The van der Waals surface area contributed by atoms with Crippen molar-refractivity contribution in [3.05, 3.63) is 71.8 Å². The first-order valence-electron chi connectivity index (χ1n) is 6.94. The molecule has 0 aliphatic rings. The molecule has 2 nitrogen and oxygen atoms in total. The Hall–Kier alpha value is -1.93. The van der Waals surface area contributed by atoms with Gasteiger partial charge in [-0.2, -0.15) is 0 Å². The summed E-state index contributed by atoms with van der Waals surface area (Å²) in [5.74, 6) is -0.464. The highest BCUT2D eigenvalue weighted by Crippen LogP contribution is 2.33. The number of aliphatic hydroxyl groups is 1. The first-order valence-corrected chi connectivity index (χ1v) is 6.94. The van der Waals surface area contributed by atoms with Crippen LogP contribution in [0.3, 0.4) is 0 Å². The summed E-state index contributed by atoms with van der Waals surface area (Å²) in [6, 6.07) is 18.5. The van der Waals surface area contributed by atoms with Gasteiger partial charge in [0.15, 0.2) is 5.78 Å². The Morgan fingerprint density at radius 1 is 1.05 bits per heavy atom. The zero-order valence-corrected chi connectivity index (χ0v) is 11.9. The van der Waals surface area contributed by atoms with Gasteiger partial charge < -0.3 is 5.11 Å². The average molecular weight is 268 g/mol. The summed E-state index contributed by atoms with van der Waals surface area (Å²) in [6.07, 6.45) is 0.593. The number of Topliss-reactive ketones (excluding diaryl/α,β-unsaturated/α-hetero) is 1. The highest BCUT2D eigenvalue weighted by molar-refractivity contribution is 5.98. The standard InChI is InChI=1S/C18H20O2/c1-3-16(17(19)14-10-6-4-7-11-14)18(2,20)15-12-8-5-9-13-15/h4-13,16,20H,3H2,1-2H3/t16-,18+/m1/s1. The summed E-state index contributed by atoms with van der Waals surface area (Å²) in [7, 11) is 0. The van der Waals surface area contributed by atoms with Crippen molar-refractivity contribution in [3.63, 3.8) is 0 Å². The van der Waals surface area contributed by atoms with Gasteiger partial charge in [0.25, 0.3) is 0 Å². The molecule has 0 heterocycles. The smallest absolute Gasteiger partial charge is 0.169 e. The number of hydrogen-bond donors (Lipinski definition) is 1. The topological polar surface area (TPSA) is 37.3 Å². The lowest BCUT2D eigenvalue weighted by molar-refractivity contribution is -0.000713. The predicted octanol–water partition coefficient (Wildman–Crippen LogP) is 3.80. The molecular formula is C18H20O2. The zero-order valence-electron chi connectivity index (χ0n) is 11.9. The van der Waals surface area contributed by atoms with Crippen molar-refractivity contribution in [1.82, 2.24) is 0 Å². The van der Waals surface area contributed by atoms with E-state index in [9.17, 15) is 9.90 Å². The van der Waals surface area contributed by atoms with Crippen LogP contribution in [0.15, 0.2) is 60.7 Å². The fourth-order valence-electron chi connectivity index (χ4n) is 2.62. The fraction of sp³-hybridized carbons (Fsp3) is 0.278. The van der Waals surface area contributed by atoms with Gasteiger partial charge in [-0.25, -0.2) is 0 Å². The van der Waals surface area contributed by atoms with Crippen LogP contribution in [0.5, 0.6) is 0 Å². The Morgan fingerprint density at radius 3 is 2.05 bits per heavy atom. The number of benzene rings is 2. The highest BCUT2D eigenvalue weighted by Gasteiger charge is 2.37. The minimum atomic E-state index is -1.16. The van der Waals surface area contributed by atoms with Crippen molar-refractivity contribution in [3.8, 4) is 0 Å². The second-order valence-electron chi connectivity index (χ2n) is 5.20. The van der Waals surface area contributed by atoms with E-state index in [0.29, 0.717) is 12.0 Å². The SMILES string of the molecule is CC[C@H](C(=O)c1ccccc1)[C@@](C)(O)c1ccccc1. The second kappa shape index (κ2) is 6.02. The largest absolute Gasteiger partial charge is 0.385 e. The molecule has 2 aromatic rings. The van der Waals surface area contributed by atoms with Gasteiger partial charge in [0.1, 0.15) is 0 Å². The molecule has 2 rings (SSSR count). The Bertz CT molecular complexity index is 558. The monoisotopic (exact) mass is 268 g/mol. The maximum atomic E-state index is 12.6. The van der Waals surface area contributed by atoms with E-state index in [4.69, 9.17) is 0 Å². The van der Waals surface area contributed by atoms with Gasteiger partial charge in [-0.15, -0.1) is 0 Å². The summed E-state index contributed by atoms with van der Waals surface area (Å²) in [5.41, 5.74) is 0.259. The van der Waals surface area contributed by atoms with Crippen LogP contribution in [-0.4, -0.2) is 10.9 Å². The molecule has 0 saturated carbocycles. The fourth-order valence-corrected chi connectivity index (χ4v) is 2.62. The van der Waals surface area contributed by atoms with Crippen LogP contribution < -0.4 is 0 Å². The lowest BCUT2D eigenvalue weighted by Crippen LogP contribution is -2.37. The molecule has 0 radical (unpaired) electrons. The molecule has 0 amide bonds. The number of rotatable bonds is 5. The molecule has 104 valence electrons. The van der Waals surface area contributed by atoms with Gasteiger partial charge in [0, 0.05) is 5.56 Å². The average Bonchev–Trinajstić information content (AvgIpc) is 2.49. The third-order valence-electron chi connectivity index (χ3n) is 3.82. The molecule has 0 bridgehead atoms. The summed E-state index contributed by atoms with van der Waals surface area (Å²) in [5, 5.41) is 10.9. The van der Waals surface area contributed by atoms with Crippen molar-refractivity contribution in [2.75, 3.05) is 0 Å². The number of carbonyl (C=O) groups is 1. The minimum absolute atomic E-state index is 0.0121. The molecule has 2 aromatic carbocycles. The van der Waals surface area contributed by atoms with Crippen LogP contribution in [0.4, 0.5) is 0 Å². The van der Waals surface area contributed by atoms with Crippen molar-refractivity contribution < 1.29 is 9.90 Å². The Kier molecular flexibility index (Phi) is 4.35. The Morgan fingerprint density at radius 2 is 1.55 bits per heavy atom. The number of carbonyl (C=O) groups excluding carboxylic acids is 1. The molecule has 0 fully saturated rings. The summed E-state index contributed by atoms with van der Waals surface area (Å²) in [4.78, 5) is 12.6. The van der Waals surface area contributed by atoms with E-state index in [1.165, 1.54) is 0 Å². The third-order valence-corrected chi connectivity index (χ3v) is 3.82. The van der Waals surface area contributed by atoms with Gasteiger partial charge in [-0.1, -0.05) is 67.6 Å². The molecule has 0 spiro atoms. The predicted molar refractivity (Wildman–Crippen MR) is 80.6 cm³/mol. The lowest BCUT2D eigenvalue weighted by atomic mass is 9.77. The van der Waals surface area contributed by atoms with Gasteiger partial charge in [0.2, 0.25) is 0 Å². The van der Waals surface area contributed by atoms with Gasteiger partial charge in [-0.05, 0) is 18.9 Å². The zero-order chi connectivity index (χ0) is 14.6. The molecule has 0 unspecified atom stereocenters. The normalized spacial score (nSPS) is 15.3. The van der Waals surface area contributed by atoms with E-state index >= 15 is 0 Å². The number of ketones is 1. The maximum Gasteiger partial charge on any atom is 0.169 e. The van der Waals surface area contributed by atoms with E-state index in [1.54, 1.807) is 19.1 Å². The molecule has 0 aromatic heterocycles. The van der Waals surface area contributed by atoms with Crippen LogP contribution in [0.1, 0.15) is 36.2 Å². The maximum absolute atomic E-state index is 12.6. The van der Waals surface area contributed by atoms with Crippen LogP contribution in [0.2, 0.25) is 0 Å². The van der Waals surface area contributed by atoms with Crippen molar-refractivity contribution >= 4 is 5.78 Å². The van der Waals surface area contributed by atoms with E-state index in [1.807, 2.05) is 55.5 Å². The van der Waals surface area contributed by atoms with E-state index in [0.717, 1.165) is 5.56 Å². The second-order valence-corrected chi connectivity index (χ2v) is 5.20. The quantitative estimate of drug-likeness (QED) is 0.837. The summed E-state index contributed by atoms with van der Waals surface area (Å²) in [6.45, 7) is 3.65. The minimum Gasteiger partial charge on any atom is -0.385 e. The molecule has 2 atom stereocenters. The van der Waals surface area contributed by atoms with Gasteiger partial charge >= 0.3 is 0 Å². The Balaban J connectivity index is 2.35. The third kappa shape index (κ3) is 2.81. The van der Waals surface area contributed by atoms with Crippen LogP contribution in [-0.2, 0) is 5.60 Å². The lowest BCUT2D eigenvalue weighted by Gasteiger charge is -2.32. The number of hydrogen-bond acceptors (Lipinski definition) is 2. The summed E-state index contributed by atoms with van der Waals surface area (Å²) < 4.78 is 0. The van der Waals surface area contributed by atoms with Crippen LogP contribution >= 0.6 is 0 Å². The summed E-state index contributed by atoms with van der Waals surface area (Å²) >= 11 is 0. The Labute approximate surface area is 120 Å². The first kappa shape index (κ1) is 14.5. The van der Waals surface area contributed by atoms with Crippen molar-refractivity contribution in [2.24, 2.45) is 5.92 Å². The van der Waals surface area contributed by atoms with E-state index in [-0.39, 0.29) is 5.78 Å². The molecule has 1 N–H and O–H groups in total. The van der Waals surface area contributed by atoms with Gasteiger partial charge in [0.05, 0.1) is 11.5 Å². The molecule has 20 heavy (non-hydrogen) atoms. The molecule has 0 aliphatic heterocycles. The highest BCUT2D eigenvalue weighted by atomic mass is 16.3. The first-order chi connectivity index (χ1) is 9.57. The molecule has 2 heteroatoms.